The molecule has 0 unspecified atom stereocenters. The average Bonchev–Trinajstić information content (AvgIpc) is 2.30. The lowest BCUT2D eigenvalue weighted by Crippen LogP contribution is -1.97. The highest BCUT2D eigenvalue weighted by Gasteiger charge is 2.08. The maximum Gasteiger partial charge on any atom is 0.148 e. The second-order valence-electron chi connectivity index (χ2n) is 3.73. The van der Waals surface area contributed by atoms with Crippen LogP contribution in [0.3, 0.4) is 0 Å². The minimum Gasteiger partial charge on any atom is -0.487 e. The molecule has 0 saturated carbocycles. The molecule has 5 heteroatoms. The summed E-state index contributed by atoms with van der Waals surface area (Å²) >= 11 is 10.3. The van der Waals surface area contributed by atoms with Gasteiger partial charge in [-0.1, -0.05) is 28.1 Å². The van der Waals surface area contributed by atoms with Crippen molar-refractivity contribution in [1.82, 2.24) is 0 Å². The maximum absolute atomic E-state index is 5.78. The summed E-state index contributed by atoms with van der Waals surface area (Å²) in [7, 11) is 0. The highest BCUT2D eigenvalue weighted by Crippen LogP contribution is 2.36. The van der Waals surface area contributed by atoms with Crippen LogP contribution in [-0.4, -0.2) is 0 Å². The molecule has 0 radical (unpaired) electrons. The Labute approximate surface area is 131 Å². The largest absolute Gasteiger partial charge is 0.487 e. The molecule has 2 rings (SSSR count). The number of nitrogen functional groups attached to an aromatic ring is 1. The lowest BCUT2D eigenvalue weighted by molar-refractivity contribution is 0.302. The van der Waals surface area contributed by atoms with Crippen LogP contribution < -0.4 is 10.5 Å². The Morgan fingerprint density at radius 3 is 2.06 bits per heavy atom. The predicted molar refractivity (Wildman–Crippen MR) is 84.7 cm³/mol. The van der Waals surface area contributed by atoms with Crippen LogP contribution in [0.25, 0.3) is 0 Å². The molecule has 0 saturated heterocycles. The van der Waals surface area contributed by atoms with Gasteiger partial charge in [0.25, 0.3) is 0 Å². The van der Waals surface area contributed by atoms with Crippen molar-refractivity contribution in [1.29, 1.82) is 0 Å². The quantitative estimate of drug-likeness (QED) is 0.678. The third kappa shape index (κ3) is 3.49. The summed E-state index contributed by atoms with van der Waals surface area (Å²) in [4.78, 5) is 0. The molecule has 0 aliphatic carbocycles. The van der Waals surface area contributed by atoms with Crippen LogP contribution in [0.15, 0.2) is 49.8 Å². The first-order valence-corrected chi connectivity index (χ1v) is 7.56. The number of ether oxygens (including phenoxy) is 1. The van der Waals surface area contributed by atoms with E-state index in [0.29, 0.717) is 12.3 Å². The summed E-state index contributed by atoms with van der Waals surface area (Å²) in [6, 6.07) is 11.7. The second-order valence-corrected chi connectivity index (χ2v) is 6.35. The topological polar surface area (TPSA) is 35.2 Å². The summed E-state index contributed by atoms with van der Waals surface area (Å²) in [5, 5.41) is 0. The van der Waals surface area contributed by atoms with Crippen LogP contribution in [-0.2, 0) is 6.61 Å². The van der Waals surface area contributed by atoms with E-state index in [4.69, 9.17) is 10.5 Å². The molecule has 0 atom stereocenters. The standard InChI is InChI=1S/C13H10Br3NO/c14-9-3-1-8(2-4-9)7-18-13-11(15)5-10(17)6-12(13)16/h1-6H,7,17H2. The third-order valence-electron chi connectivity index (χ3n) is 2.32. The zero-order chi connectivity index (χ0) is 13.1. The van der Waals surface area contributed by atoms with Gasteiger partial charge in [-0.15, -0.1) is 0 Å². The average molecular weight is 436 g/mol. The van der Waals surface area contributed by atoms with Gasteiger partial charge in [0.05, 0.1) is 8.95 Å². The van der Waals surface area contributed by atoms with Crippen LogP contribution in [0, 0.1) is 0 Å². The molecule has 0 fully saturated rings. The first-order chi connectivity index (χ1) is 8.56. The third-order valence-corrected chi connectivity index (χ3v) is 4.02. The molecule has 2 N–H and O–H groups in total. The molecule has 0 aliphatic heterocycles. The minimum atomic E-state index is 0.508. The Balaban J connectivity index is 2.13. The number of halogens is 3. The van der Waals surface area contributed by atoms with Gasteiger partial charge in [-0.25, -0.2) is 0 Å². The van der Waals surface area contributed by atoms with Gasteiger partial charge in [0, 0.05) is 10.2 Å². The normalized spacial score (nSPS) is 10.4. The fraction of sp³-hybridized carbons (Fsp3) is 0.0769. The number of nitrogens with two attached hydrogens (primary N) is 1. The number of rotatable bonds is 3. The van der Waals surface area contributed by atoms with Crippen molar-refractivity contribution in [2.45, 2.75) is 6.61 Å². The molecular formula is C13H10Br3NO. The van der Waals surface area contributed by atoms with Gasteiger partial charge in [0.1, 0.15) is 12.4 Å². The Kier molecular flexibility index (Phi) is 4.70. The zero-order valence-electron chi connectivity index (χ0n) is 9.29. The van der Waals surface area contributed by atoms with Crippen LogP contribution in [0.4, 0.5) is 5.69 Å². The monoisotopic (exact) mass is 433 g/mol. The maximum atomic E-state index is 5.78. The lowest BCUT2D eigenvalue weighted by atomic mass is 10.2. The van der Waals surface area contributed by atoms with E-state index in [2.05, 4.69) is 47.8 Å². The van der Waals surface area contributed by atoms with Gasteiger partial charge >= 0.3 is 0 Å². The fourth-order valence-corrected chi connectivity index (χ4v) is 3.17. The molecule has 18 heavy (non-hydrogen) atoms. The van der Waals surface area contributed by atoms with Crippen molar-refractivity contribution in [3.8, 4) is 5.75 Å². The van der Waals surface area contributed by atoms with E-state index in [1.54, 1.807) is 0 Å². The molecular weight excluding hydrogens is 426 g/mol. The van der Waals surface area contributed by atoms with E-state index in [1.807, 2.05) is 36.4 Å². The van der Waals surface area contributed by atoms with Crippen LogP contribution >= 0.6 is 47.8 Å². The van der Waals surface area contributed by atoms with Gasteiger partial charge in [-0.2, -0.15) is 0 Å². The Bertz CT molecular complexity index is 532. The van der Waals surface area contributed by atoms with Crippen LogP contribution in [0.5, 0.6) is 5.75 Å². The van der Waals surface area contributed by atoms with E-state index in [9.17, 15) is 0 Å². The van der Waals surface area contributed by atoms with Crippen molar-refractivity contribution >= 4 is 53.5 Å². The predicted octanol–water partition coefficient (Wildman–Crippen LogP) is 5.14. The second kappa shape index (κ2) is 6.08. The van der Waals surface area contributed by atoms with Gasteiger partial charge in [-0.3, -0.25) is 0 Å². The molecule has 0 aromatic heterocycles. The van der Waals surface area contributed by atoms with Crippen LogP contribution in [0.1, 0.15) is 5.56 Å². The first-order valence-electron chi connectivity index (χ1n) is 5.18. The summed E-state index contributed by atoms with van der Waals surface area (Å²) in [5.41, 5.74) is 7.52. The molecule has 2 aromatic carbocycles. The smallest absolute Gasteiger partial charge is 0.148 e. The number of anilines is 1. The van der Waals surface area contributed by atoms with Gasteiger partial charge in [-0.05, 0) is 61.7 Å². The van der Waals surface area contributed by atoms with E-state index >= 15 is 0 Å². The zero-order valence-corrected chi connectivity index (χ0v) is 14.0. The van der Waals surface area contributed by atoms with Crippen molar-refractivity contribution in [3.63, 3.8) is 0 Å². The van der Waals surface area contributed by atoms with E-state index in [1.165, 1.54) is 0 Å². The molecule has 94 valence electrons. The minimum absolute atomic E-state index is 0.508. The van der Waals surface area contributed by atoms with Gasteiger partial charge in [0.15, 0.2) is 0 Å². The summed E-state index contributed by atoms with van der Waals surface area (Å²) in [6.07, 6.45) is 0. The molecule has 0 heterocycles. The van der Waals surface area contributed by atoms with Crippen molar-refractivity contribution in [2.75, 3.05) is 5.73 Å². The van der Waals surface area contributed by atoms with Crippen LogP contribution in [0.2, 0.25) is 0 Å². The van der Waals surface area contributed by atoms with Crippen molar-refractivity contribution in [3.05, 3.63) is 55.4 Å². The number of hydrogen-bond acceptors (Lipinski definition) is 2. The molecule has 2 nitrogen and oxygen atoms in total. The SMILES string of the molecule is Nc1cc(Br)c(OCc2ccc(Br)cc2)c(Br)c1. The number of benzene rings is 2. The molecule has 2 aromatic rings. The summed E-state index contributed by atoms with van der Waals surface area (Å²) in [6.45, 7) is 0.508. The molecule has 0 spiro atoms. The number of hydrogen-bond donors (Lipinski definition) is 1. The Morgan fingerprint density at radius 1 is 0.944 bits per heavy atom. The van der Waals surface area contributed by atoms with E-state index in [-0.39, 0.29) is 0 Å². The van der Waals surface area contributed by atoms with E-state index in [0.717, 1.165) is 24.7 Å². The fourth-order valence-electron chi connectivity index (χ4n) is 1.45. The Morgan fingerprint density at radius 2 is 1.50 bits per heavy atom. The summed E-state index contributed by atoms with van der Waals surface area (Å²) < 4.78 is 8.52. The molecule has 0 aliphatic rings. The summed E-state index contributed by atoms with van der Waals surface area (Å²) in [5.74, 6) is 0.757. The highest BCUT2D eigenvalue weighted by molar-refractivity contribution is 9.11. The Hall–Kier alpha value is -0.520. The first kappa shape index (κ1) is 13.9. The van der Waals surface area contributed by atoms with Crippen molar-refractivity contribution < 1.29 is 4.74 Å². The van der Waals surface area contributed by atoms with Gasteiger partial charge < -0.3 is 10.5 Å². The van der Waals surface area contributed by atoms with Gasteiger partial charge in [0.2, 0.25) is 0 Å². The lowest BCUT2D eigenvalue weighted by Gasteiger charge is -2.11. The highest BCUT2D eigenvalue weighted by atomic mass is 79.9. The molecule has 0 bridgehead atoms. The van der Waals surface area contributed by atoms with Crippen molar-refractivity contribution in [2.24, 2.45) is 0 Å². The van der Waals surface area contributed by atoms with E-state index < -0.39 is 0 Å². The molecule has 0 amide bonds.